The number of benzene rings is 1. The van der Waals surface area contributed by atoms with Crippen molar-refractivity contribution >= 4 is 22.6 Å². The molecule has 0 fully saturated rings. The first-order valence-corrected chi connectivity index (χ1v) is 5.70. The maximum absolute atomic E-state index is 5.44. The quantitative estimate of drug-likeness (QED) is 0.608. The first-order valence-electron chi connectivity index (χ1n) is 4.46. The Morgan fingerprint density at radius 2 is 1.92 bits per heavy atom. The average molecular weight is 290 g/mol. The largest absolute Gasteiger partial charge is 0.377 e. The summed E-state index contributed by atoms with van der Waals surface area (Å²) in [6, 6.07) is 10.4. The molecule has 0 N–H and O–H groups in total. The number of halogens is 1. The number of hydrogen-bond donors (Lipinski definition) is 0. The molecule has 0 saturated carbocycles. The van der Waals surface area contributed by atoms with Crippen LogP contribution in [0.25, 0.3) is 0 Å². The third-order valence-electron chi connectivity index (χ3n) is 1.99. The summed E-state index contributed by atoms with van der Waals surface area (Å²) in [5.41, 5.74) is 1.27. The lowest BCUT2D eigenvalue weighted by molar-refractivity contribution is 0.0972. The fourth-order valence-corrected chi connectivity index (χ4v) is 1.79. The maximum Gasteiger partial charge on any atom is 0.0831 e. The minimum Gasteiger partial charge on any atom is -0.377 e. The lowest BCUT2D eigenvalue weighted by atomic mass is 10.1. The predicted molar refractivity (Wildman–Crippen MR) is 64.3 cm³/mol. The molecule has 2 unspecified atom stereocenters. The van der Waals surface area contributed by atoms with Crippen molar-refractivity contribution in [3.8, 4) is 0 Å². The summed E-state index contributed by atoms with van der Waals surface area (Å²) in [5, 5.41) is 0. The Kier molecular flexibility index (Phi) is 4.73. The van der Waals surface area contributed by atoms with Gasteiger partial charge < -0.3 is 4.74 Å². The topological polar surface area (TPSA) is 9.23 Å². The normalized spacial score (nSPS) is 15.3. The Morgan fingerprint density at radius 1 is 1.31 bits per heavy atom. The van der Waals surface area contributed by atoms with E-state index < -0.39 is 0 Å². The van der Waals surface area contributed by atoms with E-state index in [2.05, 4.69) is 53.8 Å². The van der Waals surface area contributed by atoms with Gasteiger partial charge in [-0.25, -0.2) is 0 Å². The summed E-state index contributed by atoms with van der Waals surface area (Å²) in [4.78, 5) is 0. The van der Waals surface area contributed by atoms with Gasteiger partial charge >= 0.3 is 0 Å². The van der Waals surface area contributed by atoms with Crippen LogP contribution in [-0.2, 0) is 4.74 Å². The van der Waals surface area contributed by atoms with Crippen LogP contribution in [0.2, 0.25) is 0 Å². The van der Waals surface area contributed by atoms with Crippen LogP contribution in [0.3, 0.4) is 0 Å². The average Bonchev–Trinajstić information content (AvgIpc) is 2.15. The van der Waals surface area contributed by atoms with Crippen LogP contribution in [0.4, 0.5) is 0 Å². The van der Waals surface area contributed by atoms with Crippen molar-refractivity contribution in [2.24, 2.45) is 0 Å². The second-order valence-corrected chi connectivity index (χ2v) is 5.28. The van der Waals surface area contributed by atoms with E-state index in [4.69, 9.17) is 4.74 Å². The monoisotopic (exact) mass is 290 g/mol. The highest BCUT2D eigenvalue weighted by Crippen LogP contribution is 2.24. The second-order valence-electron chi connectivity index (χ2n) is 3.15. The first kappa shape index (κ1) is 11.0. The molecule has 0 aliphatic rings. The van der Waals surface area contributed by atoms with E-state index in [0.29, 0.717) is 3.92 Å². The number of methoxy groups -OCH3 is 1. The zero-order valence-electron chi connectivity index (χ0n) is 8.03. The minimum atomic E-state index is 0.244. The van der Waals surface area contributed by atoms with E-state index in [0.717, 1.165) is 6.42 Å². The molecule has 1 aromatic rings. The standard InChI is InChI=1S/C11H15IO/c1-9(12)8-11(13-2)10-6-4-3-5-7-10/h3-7,9,11H,8H2,1-2H3. The fourth-order valence-electron chi connectivity index (χ4n) is 1.33. The van der Waals surface area contributed by atoms with E-state index >= 15 is 0 Å². The van der Waals surface area contributed by atoms with Gasteiger partial charge in [-0.05, 0) is 12.0 Å². The number of rotatable bonds is 4. The summed E-state index contributed by atoms with van der Waals surface area (Å²) < 4.78 is 6.08. The van der Waals surface area contributed by atoms with Crippen LogP contribution in [0.1, 0.15) is 25.0 Å². The zero-order chi connectivity index (χ0) is 9.68. The molecule has 1 aromatic carbocycles. The van der Waals surface area contributed by atoms with E-state index in [9.17, 15) is 0 Å². The third kappa shape index (κ3) is 3.65. The third-order valence-corrected chi connectivity index (χ3v) is 2.50. The molecule has 72 valence electrons. The Bertz CT molecular complexity index is 233. The van der Waals surface area contributed by atoms with Crippen molar-refractivity contribution < 1.29 is 4.74 Å². The van der Waals surface area contributed by atoms with Gasteiger partial charge in [-0.1, -0.05) is 59.8 Å². The van der Waals surface area contributed by atoms with Crippen LogP contribution in [0.15, 0.2) is 30.3 Å². The Morgan fingerprint density at radius 3 is 2.38 bits per heavy atom. The smallest absolute Gasteiger partial charge is 0.0831 e. The minimum absolute atomic E-state index is 0.244. The second kappa shape index (κ2) is 5.60. The highest BCUT2D eigenvalue weighted by molar-refractivity contribution is 14.1. The van der Waals surface area contributed by atoms with Crippen LogP contribution in [0, 0.1) is 0 Å². The van der Waals surface area contributed by atoms with E-state index in [1.807, 2.05) is 6.07 Å². The van der Waals surface area contributed by atoms with Crippen molar-refractivity contribution in [3.63, 3.8) is 0 Å². The van der Waals surface area contributed by atoms with Gasteiger partial charge in [0.2, 0.25) is 0 Å². The van der Waals surface area contributed by atoms with Gasteiger partial charge in [0.05, 0.1) is 6.10 Å². The molecule has 0 aliphatic carbocycles. The molecule has 0 spiro atoms. The molecule has 0 aromatic heterocycles. The lowest BCUT2D eigenvalue weighted by Gasteiger charge is -2.16. The molecule has 0 aliphatic heterocycles. The van der Waals surface area contributed by atoms with Gasteiger partial charge in [-0.2, -0.15) is 0 Å². The Labute approximate surface area is 93.6 Å². The van der Waals surface area contributed by atoms with E-state index in [1.165, 1.54) is 5.56 Å². The maximum atomic E-state index is 5.44. The molecule has 0 bridgehead atoms. The lowest BCUT2D eigenvalue weighted by Crippen LogP contribution is -2.06. The summed E-state index contributed by atoms with van der Waals surface area (Å²) in [5.74, 6) is 0. The number of ether oxygens (including phenoxy) is 1. The molecule has 1 rings (SSSR count). The molecule has 2 heteroatoms. The molecule has 1 nitrogen and oxygen atoms in total. The zero-order valence-corrected chi connectivity index (χ0v) is 10.2. The van der Waals surface area contributed by atoms with Crippen molar-refractivity contribution in [1.29, 1.82) is 0 Å². The highest BCUT2D eigenvalue weighted by atomic mass is 127. The molecular weight excluding hydrogens is 275 g/mol. The molecule has 13 heavy (non-hydrogen) atoms. The van der Waals surface area contributed by atoms with Crippen LogP contribution >= 0.6 is 22.6 Å². The molecular formula is C11H15IO. The van der Waals surface area contributed by atoms with Crippen molar-refractivity contribution in [3.05, 3.63) is 35.9 Å². The molecule has 0 amide bonds. The summed E-state index contributed by atoms with van der Waals surface area (Å²) in [6.07, 6.45) is 1.31. The number of alkyl halides is 1. The highest BCUT2D eigenvalue weighted by Gasteiger charge is 2.11. The van der Waals surface area contributed by atoms with E-state index in [-0.39, 0.29) is 6.10 Å². The van der Waals surface area contributed by atoms with Gasteiger partial charge in [0, 0.05) is 11.0 Å². The molecule has 2 atom stereocenters. The fraction of sp³-hybridized carbons (Fsp3) is 0.455. The summed E-state index contributed by atoms with van der Waals surface area (Å²) >= 11 is 2.43. The van der Waals surface area contributed by atoms with Crippen LogP contribution < -0.4 is 0 Å². The predicted octanol–water partition coefficient (Wildman–Crippen LogP) is 3.59. The van der Waals surface area contributed by atoms with Gasteiger partial charge in [0.15, 0.2) is 0 Å². The van der Waals surface area contributed by atoms with Crippen molar-refractivity contribution in [2.75, 3.05) is 7.11 Å². The van der Waals surface area contributed by atoms with Crippen molar-refractivity contribution in [2.45, 2.75) is 23.4 Å². The van der Waals surface area contributed by atoms with Crippen molar-refractivity contribution in [1.82, 2.24) is 0 Å². The molecule has 0 heterocycles. The first-order chi connectivity index (χ1) is 6.24. The number of hydrogen-bond acceptors (Lipinski definition) is 1. The van der Waals surface area contributed by atoms with E-state index in [1.54, 1.807) is 7.11 Å². The Balaban J connectivity index is 2.67. The van der Waals surface area contributed by atoms with Gasteiger partial charge in [0.1, 0.15) is 0 Å². The summed E-state index contributed by atoms with van der Waals surface area (Å²) in [7, 11) is 1.77. The summed E-state index contributed by atoms with van der Waals surface area (Å²) in [6.45, 7) is 2.20. The van der Waals surface area contributed by atoms with Gasteiger partial charge in [0.25, 0.3) is 0 Å². The molecule has 0 radical (unpaired) electrons. The SMILES string of the molecule is COC(CC(C)I)c1ccccc1. The van der Waals surface area contributed by atoms with Crippen LogP contribution in [-0.4, -0.2) is 11.0 Å². The van der Waals surface area contributed by atoms with Gasteiger partial charge in [-0.15, -0.1) is 0 Å². The van der Waals surface area contributed by atoms with Gasteiger partial charge in [-0.3, -0.25) is 0 Å². The molecule has 0 saturated heterocycles. The van der Waals surface area contributed by atoms with Crippen LogP contribution in [0.5, 0.6) is 0 Å². The Hall–Kier alpha value is -0.0900.